The summed E-state index contributed by atoms with van der Waals surface area (Å²) in [5.41, 5.74) is 5.93. The molecule has 0 amide bonds. The molecule has 2 aromatic rings. The van der Waals surface area contributed by atoms with E-state index >= 15 is 0 Å². The van der Waals surface area contributed by atoms with Crippen LogP contribution in [0, 0.1) is 5.92 Å². The van der Waals surface area contributed by atoms with E-state index in [1.165, 1.54) is 68.1 Å². The fourth-order valence-electron chi connectivity index (χ4n) is 4.05. The van der Waals surface area contributed by atoms with Crippen LogP contribution in [0.3, 0.4) is 0 Å². The summed E-state index contributed by atoms with van der Waals surface area (Å²) in [4.78, 5) is 0. The predicted molar refractivity (Wildman–Crippen MR) is 105 cm³/mol. The van der Waals surface area contributed by atoms with Gasteiger partial charge in [-0.05, 0) is 41.9 Å². The minimum absolute atomic E-state index is 0.902. The largest absolute Gasteiger partial charge is 0.0654 e. The topological polar surface area (TPSA) is 0 Å². The zero-order chi connectivity index (χ0) is 16.6. The fourth-order valence-corrected chi connectivity index (χ4v) is 4.05. The summed E-state index contributed by atoms with van der Waals surface area (Å²) in [6, 6.07) is 21.9. The zero-order valence-corrected chi connectivity index (χ0v) is 15.0. The Morgan fingerprint density at radius 1 is 0.833 bits per heavy atom. The number of unbranched alkanes of at least 4 members (excludes halogenated alkanes) is 3. The molecule has 0 nitrogen and oxygen atoms in total. The second-order valence-corrected chi connectivity index (χ2v) is 7.17. The highest BCUT2D eigenvalue weighted by Crippen LogP contribution is 2.40. The monoisotopic (exact) mass is 318 g/mol. The summed E-state index contributed by atoms with van der Waals surface area (Å²) >= 11 is 0. The molecule has 1 aliphatic carbocycles. The highest BCUT2D eigenvalue weighted by Gasteiger charge is 2.23. The van der Waals surface area contributed by atoms with Crippen LogP contribution in [0.2, 0.25) is 0 Å². The lowest BCUT2D eigenvalue weighted by Crippen LogP contribution is -1.95. The van der Waals surface area contributed by atoms with Gasteiger partial charge in [0.25, 0.3) is 0 Å². The average molecular weight is 319 g/mol. The van der Waals surface area contributed by atoms with Crippen molar-refractivity contribution in [2.45, 2.75) is 58.3 Å². The molecule has 0 heterocycles. The van der Waals surface area contributed by atoms with E-state index in [1.54, 1.807) is 5.57 Å². The molecule has 24 heavy (non-hydrogen) atoms. The molecule has 3 rings (SSSR count). The Labute approximate surface area is 147 Å². The Morgan fingerprint density at radius 2 is 1.46 bits per heavy atom. The van der Waals surface area contributed by atoms with E-state index in [4.69, 9.17) is 0 Å². The predicted octanol–water partition coefficient (Wildman–Crippen LogP) is 7.26. The van der Waals surface area contributed by atoms with E-state index in [2.05, 4.69) is 67.6 Å². The van der Waals surface area contributed by atoms with Gasteiger partial charge < -0.3 is 0 Å². The molecule has 0 N–H and O–H groups in total. The third kappa shape index (κ3) is 4.38. The maximum absolute atomic E-state index is 2.29. The van der Waals surface area contributed by atoms with Gasteiger partial charge in [0, 0.05) is 0 Å². The number of hydrogen-bond donors (Lipinski definition) is 0. The van der Waals surface area contributed by atoms with Crippen molar-refractivity contribution in [2.24, 2.45) is 5.92 Å². The van der Waals surface area contributed by atoms with E-state index in [9.17, 15) is 0 Å². The van der Waals surface area contributed by atoms with Crippen LogP contribution < -0.4 is 0 Å². The molecule has 1 fully saturated rings. The van der Waals surface area contributed by atoms with Gasteiger partial charge in [0.2, 0.25) is 0 Å². The van der Waals surface area contributed by atoms with Crippen molar-refractivity contribution in [2.75, 3.05) is 0 Å². The maximum Gasteiger partial charge on any atom is -0.0119 e. The van der Waals surface area contributed by atoms with Crippen LogP contribution in [0.25, 0.3) is 5.57 Å². The Kier molecular flexibility index (Phi) is 6.29. The maximum atomic E-state index is 2.29. The van der Waals surface area contributed by atoms with Crippen molar-refractivity contribution >= 4 is 5.57 Å². The SMILES string of the molecule is CCCCCCC1CCC(=C(c2ccccc2)c2ccccc2)C1. The smallest absolute Gasteiger partial charge is 0.0119 e. The van der Waals surface area contributed by atoms with Crippen molar-refractivity contribution in [1.82, 2.24) is 0 Å². The second-order valence-electron chi connectivity index (χ2n) is 7.17. The summed E-state index contributed by atoms with van der Waals surface area (Å²) in [7, 11) is 0. The van der Waals surface area contributed by atoms with Gasteiger partial charge in [0.15, 0.2) is 0 Å². The van der Waals surface area contributed by atoms with Crippen molar-refractivity contribution in [1.29, 1.82) is 0 Å². The molecule has 1 aliphatic rings. The number of allylic oxidation sites excluding steroid dienone is 1. The second kappa shape index (κ2) is 8.87. The molecule has 0 saturated heterocycles. The van der Waals surface area contributed by atoms with Crippen LogP contribution in [0.15, 0.2) is 66.2 Å². The van der Waals surface area contributed by atoms with Gasteiger partial charge >= 0.3 is 0 Å². The Hall–Kier alpha value is -1.82. The Bertz CT molecular complexity index is 595. The van der Waals surface area contributed by atoms with Gasteiger partial charge in [-0.25, -0.2) is 0 Å². The van der Waals surface area contributed by atoms with Gasteiger partial charge in [0.1, 0.15) is 0 Å². The standard InChI is InChI=1S/C24H30/c1-2-3-4-7-12-20-17-18-23(19-20)24(21-13-8-5-9-14-21)22-15-10-6-11-16-22/h5-6,8-11,13-16,20H,2-4,7,12,17-19H2,1H3. The van der Waals surface area contributed by atoms with Gasteiger partial charge in [-0.2, -0.15) is 0 Å². The molecule has 2 aromatic carbocycles. The first-order valence-corrected chi connectivity index (χ1v) is 9.71. The highest BCUT2D eigenvalue weighted by atomic mass is 14.3. The number of benzene rings is 2. The van der Waals surface area contributed by atoms with Crippen LogP contribution in [-0.2, 0) is 0 Å². The van der Waals surface area contributed by atoms with Gasteiger partial charge in [-0.1, -0.05) is 105 Å². The average Bonchev–Trinajstić information content (AvgIpc) is 3.09. The molecule has 1 saturated carbocycles. The molecule has 0 aliphatic heterocycles. The molecule has 126 valence electrons. The highest BCUT2D eigenvalue weighted by molar-refractivity contribution is 5.82. The van der Waals surface area contributed by atoms with Crippen LogP contribution >= 0.6 is 0 Å². The van der Waals surface area contributed by atoms with Gasteiger partial charge in [-0.15, -0.1) is 0 Å². The van der Waals surface area contributed by atoms with Crippen molar-refractivity contribution in [3.63, 3.8) is 0 Å². The zero-order valence-electron chi connectivity index (χ0n) is 15.0. The molecule has 0 heteroatoms. The Morgan fingerprint density at radius 3 is 2.04 bits per heavy atom. The van der Waals surface area contributed by atoms with E-state index in [0.29, 0.717) is 0 Å². The van der Waals surface area contributed by atoms with Gasteiger partial charge in [0.05, 0.1) is 0 Å². The molecular weight excluding hydrogens is 288 g/mol. The van der Waals surface area contributed by atoms with Crippen LogP contribution in [0.1, 0.15) is 69.4 Å². The third-order valence-electron chi connectivity index (χ3n) is 5.33. The third-order valence-corrected chi connectivity index (χ3v) is 5.33. The number of rotatable bonds is 7. The molecule has 0 aromatic heterocycles. The molecule has 0 spiro atoms. The summed E-state index contributed by atoms with van der Waals surface area (Å²) in [5, 5.41) is 0. The first-order valence-electron chi connectivity index (χ1n) is 9.71. The lowest BCUT2D eigenvalue weighted by atomic mass is 9.91. The van der Waals surface area contributed by atoms with Crippen LogP contribution in [0.4, 0.5) is 0 Å². The molecule has 0 radical (unpaired) electrons. The molecule has 1 unspecified atom stereocenters. The summed E-state index contributed by atoms with van der Waals surface area (Å²) in [6.45, 7) is 2.29. The first-order chi connectivity index (χ1) is 11.9. The Balaban J connectivity index is 1.80. The van der Waals surface area contributed by atoms with E-state index in [-0.39, 0.29) is 0 Å². The van der Waals surface area contributed by atoms with Gasteiger partial charge in [-0.3, -0.25) is 0 Å². The van der Waals surface area contributed by atoms with E-state index in [0.717, 1.165) is 5.92 Å². The van der Waals surface area contributed by atoms with Crippen molar-refractivity contribution < 1.29 is 0 Å². The summed E-state index contributed by atoms with van der Waals surface area (Å²) < 4.78 is 0. The normalized spacial score (nSPS) is 17.2. The van der Waals surface area contributed by atoms with Crippen molar-refractivity contribution in [3.8, 4) is 0 Å². The molecule has 1 atom stereocenters. The molecular formula is C24H30. The summed E-state index contributed by atoms with van der Waals surface area (Å²) in [6.07, 6.45) is 10.9. The van der Waals surface area contributed by atoms with E-state index < -0.39 is 0 Å². The lowest BCUT2D eigenvalue weighted by molar-refractivity contribution is 0.472. The minimum atomic E-state index is 0.902. The lowest BCUT2D eigenvalue weighted by Gasteiger charge is -2.14. The van der Waals surface area contributed by atoms with Crippen molar-refractivity contribution in [3.05, 3.63) is 77.4 Å². The van der Waals surface area contributed by atoms with Crippen LogP contribution in [-0.4, -0.2) is 0 Å². The number of hydrogen-bond acceptors (Lipinski definition) is 0. The van der Waals surface area contributed by atoms with Crippen LogP contribution in [0.5, 0.6) is 0 Å². The fraction of sp³-hybridized carbons (Fsp3) is 0.417. The quantitative estimate of drug-likeness (QED) is 0.471. The minimum Gasteiger partial charge on any atom is -0.0654 e. The van der Waals surface area contributed by atoms with E-state index in [1.807, 2.05) is 0 Å². The first kappa shape index (κ1) is 17.0. The summed E-state index contributed by atoms with van der Waals surface area (Å²) in [5.74, 6) is 0.902. The molecule has 0 bridgehead atoms.